The lowest BCUT2D eigenvalue weighted by molar-refractivity contribution is 0.920. The molecule has 0 aliphatic heterocycles. The predicted molar refractivity (Wildman–Crippen MR) is 70.5 cm³/mol. The molecule has 0 bridgehead atoms. The summed E-state index contributed by atoms with van der Waals surface area (Å²) < 4.78 is 0. The Hall–Kier alpha value is -1.76. The summed E-state index contributed by atoms with van der Waals surface area (Å²) in [7, 11) is 1.97. The SMILES string of the molecule is C/C=C(\Cc1cccc2ccccc12)NC. The van der Waals surface area contributed by atoms with E-state index in [2.05, 4.69) is 60.8 Å². The molecule has 0 heterocycles. The van der Waals surface area contributed by atoms with Gasteiger partial charge in [0, 0.05) is 19.2 Å². The van der Waals surface area contributed by atoms with Gasteiger partial charge in [-0.1, -0.05) is 48.5 Å². The van der Waals surface area contributed by atoms with Crippen molar-refractivity contribution in [2.75, 3.05) is 7.05 Å². The summed E-state index contributed by atoms with van der Waals surface area (Å²) in [6.07, 6.45) is 3.09. The molecule has 0 atom stereocenters. The van der Waals surface area contributed by atoms with E-state index in [-0.39, 0.29) is 0 Å². The van der Waals surface area contributed by atoms with E-state index in [1.54, 1.807) is 0 Å². The van der Waals surface area contributed by atoms with Crippen LogP contribution in [0.2, 0.25) is 0 Å². The second kappa shape index (κ2) is 4.84. The molecular formula is C15H17N. The van der Waals surface area contributed by atoms with E-state index in [0.717, 1.165) is 6.42 Å². The maximum Gasteiger partial charge on any atom is 0.0126 e. The lowest BCUT2D eigenvalue weighted by Crippen LogP contribution is -2.08. The molecule has 16 heavy (non-hydrogen) atoms. The zero-order chi connectivity index (χ0) is 11.4. The van der Waals surface area contributed by atoms with E-state index in [4.69, 9.17) is 0 Å². The largest absolute Gasteiger partial charge is 0.391 e. The predicted octanol–water partition coefficient (Wildman–Crippen LogP) is 3.51. The Bertz CT molecular complexity index is 506. The Morgan fingerprint density at radius 3 is 2.62 bits per heavy atom. The quantitative estimate of drug-likeness (QED) is 0.819. The van der Waals surface area contributed by atoms with Crippen molar-refractivity contribution in [2.45, 2.75) is 13.3 Å². The highest BCUT2D eigenvalue weighted by Gasteiger charge is 2.01. The van der Waals surface area contributed by atoms with Gasteiger partial charge in [0.1, 0.15) is 0 Å². The van der Waals surface area contributed by atoms with Crippen molar-refractivity contribution in [3.63, 3.8) is 0 Å². The molecule has 0 saturated carbocycles. The van der Waals surface area contributed by atoms with Gasteiger partial charge in [0.25, 0.3) is 0 Å². The molecule has 0 radical (unpaired) electrons. The first-order valence-electron chi connectivity index (χ1n) is 5.64. The fourth-order valence-electron chi connectivity index (χ4n) is 1.99. The molecule has 2 aromatic rings. The van der Waals surface area contributed by atoms with Gasteiger partial charge in [-0.05, 0) is 23.3 Å². The van der Waals surface area contributed by atoms with Crippen molar-refractivity contribution in [3.05, 3.63) is 59.8 Å². The Balaban J connectivity index is 2.44. The maximum absolute atomic E-state index is 3.23. The van der Waals surface area contributed by atoms with Crippen LogP contribution in [0.25, 0.3) is 10.8 Å². The van der Waals surface area contributed by atoms with Crippen LogP contribution in [0.1, 0.15) is 12.5 Å². The van der Waals surface area contributed by atoms with Crippen molar-refractivity contribution >= 4 is 10.8 Å². The summed E-state index contributed by atoms with van der Waals surface area (Å²) in [5, 5.41) is 5.88. The average Bonchev–Trinajstić information content (AvgIpc) is 2.36. The summed E-state index contributed by atoms with van der Waals surface area (Å²) in [5.74, 6) is 0. The first-order valence-corrected chi connectivity index (χ1v) is 5.64. The van der Waals surface area contributed by atoms with Gasteiger partial charge in [-0.25, -0.2) is 0 Å². The molecule has 0 spiro atoms. The zero-order valence-electron chi connectivity index (χ0n) is 9.83. The van der Waals surface area contributed by atoms with E-state index in [9.17, 15) is 0 Å². The number of allylic oxidation sites excluding steroid dienone is 2. The minimum atomic E-state index is 0.967. The van der Waals surface area contributed by atoms with Crippen molar-refractivity contribution in [1.29, 1.82) is 0 Å². The average molecular weight is 211 g/mol. The van der Waals surface area contributed by atoms with Crippen molar-refractivity contribution < 1.29 is 0 Å². The fraction of sp³-hybridized carbons (Fsp3) is 0.200. The smallest absolute Gasteiger partial charge is 0.0126 e. The van der Waals surface area contributed by atoms with Gasteiger partial charge in [-0.2, -0.15) is 0 Å². The minimum absolute atomic E-state index is 0.967. The Morgan fingerprint density at radius 1 is 1.12 bits per heavy atom. The van der Waals surface area contributed by atoms with Crippen LogP contribution in [-0.2, 0) is 6.42 Å². The van der Waals surface area contributed by atoms with Crippen LogP contribution in [0.3, 0.4) is 0 Å². The summed E-state index contributed by atoms with van der Waals surface area (Å²) >= 11 is 0. The molecule has 1 nitrogen and oxygen atoms in total. The van der Waals surface area contributed by atoms with Crippen molar-refractivity contribution in [3.8, 4) is 0 Å². The molecule has 1 heteroatoms. The number of nitrogens with one attached hydrogen (secondary N) is 1. The third-order valence-electron chi connectivity index (χ3n) is 2.93. The Morgan fingerprint density at radius 2 is 1.88 bits per heavy atom. The van der Waals surface area contributed by atoms with Crippen LogP contribution in [0, 0.1) is 0 Å². The van der Waals surface area contributed by atoms with Gasteiger partial charge in [0.2, 0.25) is 0 Å². The van der Waals surface area contributed by atoms with Crippen LogP contribution in [-0.4, -0.2) is 7.05 Å². The molecule has 2 aromatic carbocycles. The molecule has 0 saturated heterocycles. The van der Waals surface area contributed by atoms with E-state index < -0.39 is 0 Å². The number of hydrogen-bond acceptors (Lipinski definition) is 1. The molecule has 2 rings (SSSR count). The van der Waals surface area contributed by atoms with Gasteiger partial charge in [0.05, 0.1) is 0 Å². The molecule has 0 aliphatic rings. The lowest BCUT2D eigenvalue weighted by atomic mass is 10.0. The van der Waals surface area contributed by atoms with Gasteiger partial charge >= 0.3 is 0 Å². The topological polar surface area (TPSA) is 12.0 Å². The first kappa shape index (κ1) is 10.7. The third-order valence-corrected chi connectivity index (χ3v) is 2.93. The second-order valence-electron chi connectivity index (χ2n) is 3.88. The van der Waals surface area contributed by atoms with Gasteiger partial charge in [-0.15, -0.1) is 0 Å². The van der Waals surface area contributed by atoms with E-state index in [0.29, 0.717) is 0 Å². The van der Waals surface area contributed by atoms with Crippen LogP contribution >= 0.6 is 0 Å². The first-order chi connectivity index (χ1) is 7.85. The highest BCUT2D eigenvalue weighted by Crippen LogP contribution is 2.20. The second-order valence-corrected chi connectivity index (χ2v) is 3.88. The van der Waals surface area contributed by atoms with Crippen molar-refractivity contribution in [2.24, 2.45) is 0 Å². The number of rotatable bonds is 3. The van der Waals surface area contributed by atoms with E-state index >= 15 is 0 Å². The maximum atomic E-state index is 3.23. The minimum Gasteiger partial charge on any atom is -0.391 e. The molecule has 0 fully saturated rings. The molecule has 0 aromatic heterocycles. The van der Waals surface area contributed by atoms with Crippen LogP contribution in [0.5, 0.6) is 0 Å². The van der Waals surface area contributed by atoms with Gasteiger partial charge in [-0.3, -0.25) is 0 Å². The molecule has 0 amide bonds. The van der Waals surface area contributed by atoms with E-state index in [1.807, 2.05) is 7.05 Å². The van der Waals surface area contributed by atoms with Crippen molar-refractivity contribution in [1.82, 2.24) is 5.32 Å². The lowest BCUT2D eigenvalue weighted by Gasteiger charge is -2.09. The number of likely N-dealkylation sites (N-methyl/N-ethyl adjacent to an activating group) is 1. The number of benzene rings is 2. The third kappa shape index (κ3) is 2.08. The standard InChI is InChI=1S/C15H17N/c1-3-14(16-2)11-13-9-6-8-12-7-4-5-10-15(12)13/h3-10,16H,11H2,1-2H3/b14-3+. The molecule has 0 aliphatic carbocycles. The van der Waals surface area contributed by atoms with Gasteiger partial charge < -0.3 is 5.32 Å². The normalized spacial score (nSPS) is 11.8. The van der Waals surface area contributed by atoms with E-state index in [1.165, 1.54) is 22.0 Å². The van der Waals surface area contributed by atoms with Crippen LogP contribution < -0.4 is 5.32 Å². The summed E-state index contributed by atoms with van der Waals surface area (Å²) in [6.45, 7) is 2.07. The molecule has 0 unspecified atom stereocenters. The molecule has 82 valence electrons. The summed E-state index contributed by atoms with van der Waals surface area (Å²) in [6, 6.07) is 15.0. The number of hydrogen-bond donors (Lipinski definition) is 1. The zero-order valence-corrected chi connectivity index (χ0v) is 9.83. The molecular weight excluding hydrogens is 194 g/mol. The van der Waals surface area contributed by atoms with Crippen LogP contribution in [0.15, 0.2) is 54.2 Å². The molecule has 1 N–H and O–H groups in total. The van der Waals surface area contributed by atoms with Crippen LogP contribution in [0.4, 0.5) is 0 Å². The highest BCUT2D eigenvalue weighted by molar-refractivity contribution is 5.85. The summed E-state index contributed by atoms with van der Waals surface area (Å²) in [5.41, 5.74) is 2.64. The number of fused-ring (bicyclic) bond motifs is 1. The van der Waals surface area contributed by atoms with Gasteiger partial charge in [0.15, 0.2) is 0 Å². The Labute approximate surface area is 96.8 Å². The highest BCUT2D eigenvalue weighted by atomic mass is 14.8. The monoisotopic (exact) mass is 211 g/mol. The fourth-order valence-corrected chi connectivity index (χ4v) is 1.99. The Kier molecular flexibility index (Phi) is 3.25. The summed E-state index contributed by atoms with van der Waals surface area (Å²) in [4.78, 5) is 0.